The molecule has 3 N–H and O–H groups in total. The number of nitrogens with one attached hydrogen (secondary N) is 1. The number of carbonyl (C=O) groups excluding carboxylic acids is 2. The Morgan fingerprint density at radius 3 is 2.62 bits per heavy atom. The molecule has 0 atom stereocenters. The van der Waals surface area contributed by atoms with Crippen molar-refractivity contribution in [2.45, 2.75) is 6.92 Å². The normalized spacial score (nSPS) is 12.5. The molecule has 0 saturated heterocycles. The number of thiazole rings is 1. The summed E-state index contributed by atoms with van der Waals surface area (Å²) in [6.07, 6.45) is 0. The standard InChI is InChI=1S/C23H15N5O5S/c1-11-5-6-12(8-17(11)28(32)33)16-10-34-23(25-16)13-3-2-4-14(7-13)27-18(29)9-15-19(20(27)24)22(31)26-21(15)30/h2-10H,24H2,1H3,(H,26,30,31). The third kappa shape index (κ3) is 3.35. The minimum atomic E-state index is -0.656. The van der Waals surface area contributed by atoms with E-state index in [0.29, 0.717) is 33.1 Å². The van der Waals surface area contributed by atoms with Gasteiger partial charge in [-0.25, -0.2) is 4.98 Å². The zero-order valence-electron chi connectivity index (χ0n) is 17.6. The molecule has 2 aromatic carbocycles. The van der Waals surface area contributed by atoms with Crippen molar-refractivity contribution in [3.63, 3.8) is 0 Å². The molecule has 3 heterocycles. The number of amides is 2. The highest BCUT2D eigenvalue weighted by molar-refractivity contribution is 7.13. The lowest BCUT2D eigenvalue weighted by molar-refractivity contribution is -0.385. The van der Waals surface area contributed by atoms with Crippen LogP contribution in [0, 0.1) is 17.0 Å². The number of nitrogens with zero attached hydrogens (tertiary/aromatic N) is 3. The quantitative estimate of drug-likeness (QED) is 0.262. The summed E-state index contributed by atoms with van der Waals surface area (Å²) >= 11 is 1.34. The molecule has 10 nitrogen and oxygen atoms in total. The van der Waals surface area contributed by atoms with E-state index in [4.69, 9.17) is 5.73 Å². The number of hydrogen-bond acceptors (Lipinski definition) is 8. The van der Waals surface area contributed by atoms with Crippen LogP contribution in [0.2, 0.25) is 0 Å². The fourth-order valence-electron chi connectivity index (χ4n) is 3.83. The van der Waals surface area contributed by atoms with Crippen molar-refractivity contribution in [1.29, 1.82) is 0 Å². The molecule has 0 aliphatic carbocycles. The molecule has 0 saturated carbocycles. The van der Waals surface area contributed by atoms with Crippen molar-refractivity contribution < 1.29 is 14.5 Å². The molecule has 5 rings (SSSR count). The number of fused-ring (bicyclic) bond motifs is 1. The third-order valence-electron chi connectivity index (χ3n) is 5.51. The van der Waals surface area contributed by atoms with E-state index in [1.807, 2.05) is 0 Å². The fourth-order valence-corrected chi connectivity index (χ4v) is 4.65. The summed E-state index contributed by atoms with van der Waals surface area (Å²) in [5.74, 6) is -1.44. The van der Waals surface area contributed by atoms with Crippen molar-refractivity contribution in [2.75, 3.05) is 5.73 Å². The van der Waals surface area contributed by atoms with Crippen LogP contribution in [0.1, 0.15) is 26.3 Å². The van der Waals surface area contributed by atoms with Gasteiger partial charge in [-0.15, -0.1) is 11.3 Å². The highest BCUT2D eigenvalue weighted by atomic mass is 32.1. The van der Waals surface area contributed by atoms with Crippen molar-refractivity contribution in [1.82, 2.24) is 14.9 Å². The van der Waals surface area contributed by atoms with Gasteiger partial charge in [0.05, 0.1) is 27.4 Å². The maximum absolute atomic E-state index is 12.7. The van der Waals surface area contributed by atoms with Gasteiger partial charge < -0.3 is 5.73 Å². The van der Waals surface area contributed by atoms with E-state index in [9.17, 15) is 24.5 Å². The first-order valence-electron chi connectivity index (χ1n) is 9.97. The molecule has 0 bridgehead atoms. The number of nitrogen functional groups attached to an aromatic ring is 1. The van der Waals surface area contributed by atoms with Gasteiger partial charge in [0.2, 0.25) is 0 Å². The average Bonchev–Trinajstić information content (AvgIpc) is 3.39. The van der Waals surface area contributed by atoms with Crippen LogP contribution in [-0.2, 0) is 0 Å². The summed E-state index contributed by atoms with van der Waals surface area (Å²) in [5, 5.41) is 15.8. The van der Waals surface area contributed by atoms with Crippen molar-refractivity contribution >= 4 is 34.7 Å². The number of nitro benzene ring substituents is 1. The van der Waals surface area contributed by atoms with E-state index < -0.39 is 22.3 Å². The van der Waals surface area contributed by atoms with Gasteiger partial charge in [0.15, 0.2) is 0 Å². The Hall–Kier alpha value is -4.64. The summed E-state index contributed by atoms with van der Waals surface area (Å²) in [5.41, 5.74) is 8.35. The number of aryl methyl sites for hydroxylation is 1. The van der Waals surface area contributed by atoms with E-state index in [2.05, 4.69) is 10.3 Å². The van der Waals surface area contributed by atoms with Crippen LogP contribution in [0.4, 0.5) is 11.5 Å². The van der Waals surface area contributed by atoms with Gasteiger partial charge in [-0.1, -0.05) is 24.3 Å². The molecule has 2 aromatic heterocycles. The van der Waals surface area contributed by atoms with E-state index in [1.165, 1.54) is 22.0 Å². The number of nitro groups is 1. The molecule has 1 aliphatic rings. The first-order chi connectivity index (χ1) is 16.2. The maximum Gasteiger partial charge on any atom is 0.272 e. The minimum absolute atomic E-state index is 0.0167. The number of pyridine rings is 1. The predicted octanol–water partition coefficient (Wildman–Crippen LogP) is 3.31. The van der Waals surface area contributed by atoms with Crippen LogP contribution >= 0.6 is 11.3 Å². The van der Waals surface area contributed by atoms with Crippen molar-refractivity contribution in [3.8, 4) is 27.5 Å². The molecule has 0 fully saturated rings. The molecular weight excluding hydrogens is 458 g/mol. The summed E-state index contributed by atoms with van der Waals surface area (Å²) < 4.78 is 1.17. The van der Waals surface area contributed by atoms with E-state index in [-0.39, 0.29) is 22.6 Å². The Balaban J connectivity index is 1.56. The number of nitrogens with two attached hydrogens (primary N) is 1. The SMILES string of the molecule is Cc1ccc(-c2csc(-c3cccc(-n4c(N)c5c(cc4=O)C(=O)NC5=O)c3)n2)cc1[N+](=O)[O-]. The van der Waals surface area contributed by atoms with Crippen molar-refractivity contribution in [2.24, 2.45) is 0 Å². The second-order valence-electron chi connectivity index (χ2n) is 7.62. The van der Waals surface area contributed by atoms with Gasteiger partial charge in [0.1, 0.15) is 10.8 Å². The summed E-state index contributed by atoms with van der Waals surface area (Å²) in [7, 11) is 0. The molecule has 0 unspecified atom stereocenters. The van der Waals surface area contributed by atoms with Gasteiger partial charge in [0.25, 0.3) is 23.1 Å². The monoisotopic (exact) mass is 473 g/mol. The Morgan fingerprint density at radius 2 is 1.85 bits per heavy atom. The van der Waals surface area contributed by atoms with Gasteiger partial charge in [-0.05, 0) is 19.1 Å². The second kappa shape index (κ2) is 7.74. The van der Waals surface area contributed by atoms with Crippen LogP contribution in [0.3, 0.4) is 0 Å². The Kier molecular flexibility index (Phi) is 4.83. The number of aromatic nitrogens is 2. The lowest BCUT2D eigenvalue weighted by Crippen LogP contribution is -2.24. The highest BCUT2D eigenvalue weighted by Gasteiger charge is 2.31. The Bertz CT molecular complexity index is 1600. The largest absolute Gasteiger partial charge is 0.384 e. The number of hydrogen-bond donors (Lipinski definition) is 2. The van der Waals surface area contributed by atoms with E-state index in [0.717, 1.165) is 6.07 Å². The number of rotatable bonds is 4. The van der Waals surface area contributed by atoms with Crippen LogP contribution < -0.4 is 16.6 Å². The smallest absolute Gasteiger partial charge is 0.272 e. The minimum Gasteiger partial charge on any atom is -0.384 e. The van der Waals surface area contributed by atoms with E-state index >= 15 is 0 Å². The maximum atomic E-state index is 12.7. The molecule has 34 heavy (non-hydrogen) atoms. The fraction of sp³-hybridized carbons (Fsp3) is 0.0435. The Morgan fingerprint density at radius 1 is 1.06 bits per heavy atom. The first kappa shape index (κ1) is 21.2. The predicted molar refractivity (Wildman–Crippen MR) is 126 cm³/mol. The molecule has 168 valence electrons. The molecule has 0 radical (unpaired) electrons. The summed E-state index contributed by atoms with van der Waals surface area (Å²) in [4.78, 5) is 52.2. The van der Waals surface area contributed by atoms with Crippen LogP contribution in [0.25, 0.3) is 27.5 Å². The van der Waals surface area contributed by atoms with Gasteiger partial charge in [0, 0.05) is 34.2 Å². The van der Waals surface area contributed by atoms with Crippen LogP contribution in [-0.4, -0.2) is 26.3 Å². The van der Waals surface area contributed by atoms with E-state index in [1.54, 1.807) is 48.7 Å². The number of imide groups is 1. The molecule has 0 spiro atoms. The molecule has 11 heteroatoms. The number of carbonyl (C=O) groups is 2. The van der Waals surface area contributed by atoms with Crippen LogP contribution in [0.15, 0.2) is 58.7 Å². The third-order valence-corrected chi connectivity index (χ3v) is 6.40. The lowest BCUT2D eigenvalue weighted by Gasteiger charge is -2.12. The Labute approximate surface area is 195 Å². The molecule has 2 amide bonds. The van der Waals surface area contributed by atoms with Gasteiger partial charge in [-0.3, -0.25) is 34.4 Å². The molecule has 1 aliphatic heterocycles. The number of benzene rings is 2. The van der Waals surface area contributed by atoms with Gasteiger partial charge in [-0.2, -0.15) is 0 Å². The molecular formula is C23H15N5O5S. The first-order valence-corrected chi connectivity index (χ1v) is 10.9. The zero-order valence-corrected chi connectivity index (χ0v) is 18.4. The zero-order chi connectivity index (χ0) is 24.1. The number of anilines is 1. The summed E-state index contributed by atoms with van der Waals surface area (Å²) in [6, 6.07) is 12.9. The highest BCUT2D eigenvalue weighted by Crippen LogP contribution is 2.32. The second-order valence-corrected chi connectivity index (χ2v) is 8.48. The van der Waals surface area contributed by atoms with Crippen molar-refractivity contribution in [3.05, 3.63) is 91.1 Å². The molecule has 4 aromatic rings. The summed E-state index contributed by atoms with van der Waals surface area (Å²) in [6.45, 7) is 1.67. The lowest BCUT2D eigenvalue weighted by atomic mass is 10.1. The average molecular weight is 473 g/mol. The topological polar surface area (TPSA) is 150 Å². The van der Waals surface area contributed by atoms with Crippen LogP contribution in [0.5, 0.6) is 0 Å². The van der Waals surface area contributed by atoms with Gasteiger partial charge >= 0.3 is 0 Å².